The van der Waals surface area contributed by atoms with Crippen LogP contribution in [0.2, 0.25) is 0 Å². The molecule has 0 amide bonds. The molecule has 6 heteroatoms. The smallest absolute Gasteiger partial charge is 0.193 e. The van der Waals surface area contributed by atoms with Gasteiger partial charge in [-0.15, -0.1) is 0 Å². The Morgan fingerprint density at radius 1 is 1.07 bits per heavy atom. The van der Waals surface area contributed by atoms with Crippen LogP contribution in [0.4, 0.5) is 0 Å². The molecule has 2 aromatic carbocycles. The third kappa shape index (κ3) is 3.26. The van der Waals surface area contributed by atoms with E-state index in [9.17, 15) is 4.79 Å². The second kappa shape index (κ2) is 7.05. The molecule has 0 aromatic heterocycles. The molecule has 0 bridgehead atoms. The molecule has 2 aromatic rings. The summed E-state index contributed by atoms with van der Waals surface area (Å²) in [5, 5.41) is 0. The number of carbonyl (C=O) groups is 1. The number of ether oxygens (including phenoxy) is 4. The summed E-state index contributed by atoms with van der Waals surface area (Å²) in [5.74, 6) is 0.617. The number of ketones is 1. The molecular weight excluding hydrogens is 346 g/mol. The molecule has 4 atom stereocenters. The molecule has 4 rings (SSSR count). The Bertz CT molecular complexity index is 819. The topological polar surface area (TPSA) is 80.0 Å². The maximum absolute atomic E-state index is 12.6. The van der Waals surface area contributed by atoms with Crippen molar-refractivity contribution in [1.82, 2.24) is 0 Å². The van der Waals surface area contributed by atoms with Crippen molar-refractivity contribution < 1.29 is 23.7 Å². The van der Waals surface area contributed by atoms with Gasteiger partial charge in [0, 0.05) is 18.2 Å². The highest BCUT2D eigenvalue weighted by atomic mass is 16.7. The molecule has 2 aliphatic heterocycles. The fourth-order valence-electron chi connectivity index (χ4n) is 3.60. The van der Waals surface area contributed by atoms with Gasteiger partial charge in [0.05, 0.1) is 13.2 Å². The van der Waals surface area contributed by atoms with E-state index in [1.807, 2.05) is 31.2 Å². The van der Waals surface area contributed by atoms with Gasteiger partial charge in [-0.3, -0.25) is 10.5 Å². The Kier molecular flexibility index (Phi) is 4.74. The number of aryl methyl sites for hydroxylation is 1. The lowest BCUT2D eigenvalue weighted by molar-refractivity contribution is -0.0858. The summed E-state index contributed by atoms with van der Waals surface area (Å²) in [6, 6.07) is 14.6. The van der Waals surface area contributed by atoms with Gasteiger partial charge in [-0.1, -0.05) is 29.8 Å². The highest BCUT2D eigenvalue weighted by Crippen LogP contribution is 2.36. The second-order valence-electron chi connectivity index (χ2n) is 7.02. The van der Waals surface area contributed by atoms with E-state index in [1.54, 1.807) is 31.4 Å². The van der Waals surface area contributed by atoms with Crippen LogP contribution in [-0.2, 0) is 14.2 Å². The molecule has 6 nitrogen and oxygen atoms in total. The fraction of sp³-hybridized carbons (Fsp3) is 0.381. The average molecular weight is 369 g/mol. The molecule has 2 N–H and O–H groups in total. The zero-order chi connectivity index (χ0) is 19.0. The van der Waals surface area contributed by atoms with Crippen molar-refractivity contribution in [3.63, 3.8) is 0 Å². The third-order valence-electron chi connectivity index (χ3n) is 5.21. The molecule has 2 saturated heterocycles. The predicted octanol–water partition coefficient (Wildman–Crippen LogP) is 2.07. The van der Waals surface area contributed by atoms with E-state index in [-0.39, 0.29) is 18.0 Å². The van der Waals surface area contributed by atoms with E-state index in [1.165, 1.54) is 0 Å². The summed E-state index contributed by atoms with van der Waals surface area (Å²) in [6.45, 7) is 2.69. The number of nitrogens with two attached hydrogens (primary N) is 1. The minimum atomic E-state index is -0.985. The third-order valence-corrected chi connectivity index (χ3v) is 5.21. The Morgan fingerprint density at radius 2 is 1.70 bits per heavy atom. The van der Waals surface area contributed by atoms with E-state index in [0.29, 0.717) is 30.1 Å². The zero-order valence-corrected chi connectivity index (χ0v) is 15.4. The molecule has 2 heterocycles. The Morgan fingerprint density at radius 3 is 2.33 bits per heavy atom. The summed E-state index contributed by atoms with van der Waals surface area (Å²) >= 11 is 0. The van der Waals surface area contributed by atoms with E-state index in [2.05, 4.69) is 0 Å². The van der Waals surface area contributed by atoms with Crippen molar-refractivity contribution >= 4 is 5.78 Å². The predicted molar refractivity (Wildman–Crippen MR) is 98.9 cm³/mol. The van der Waals surface area contributed by atoms with E-state index >= 15 is 0 Å². The van der Waals surface area contributed by atoms with Gasteiger partial charge in [-0.25, -0.2) is 0 Å². The van der Waals surface area contributed by atoms with Gasteiger partial charge in [0.2, 0.25) is 0 Å². The molecule has 0 radical (unpaired) electrons. The lowest BCUT2D eigenvalue weighted by Gasteiger charge is -2.27. The van der Waals surface area contributed by atoms with Crippen molar-refractivity contribution in [2.24, 2.45) is 5.73 Å². The van der Waals surface area contributed by atoms with Crippen LogP contribution in [0.5, 0.6) is 5.75 Å². The van der Waals surface area contributed by atoms with Crippen LogP contribution >= 0.6 is 0 Å². The lowest BCUT2D eigenvalue weighted by Crippen LogP contribution is -2.56. The van der Waals surface area contributed by atoms with Crippen LogP contribution in [0.3, 0.4) is 0 Å². The first kappa shape index (κ1) is 18.1. The van der Waals surface area contributed by atoms with Crippen molar-refractivity contribution in [3.05, 3.63) is 65.2 Å². The molecule has 0 spiro atoms. The van der Waals surface area contributed by atoms with Gasteiger partial charge in [-0.2, -0.15) is 0 Å². The molecule has 2 fully saturated rings. The van der Waals surface area contributed by atoms with Crippen LogP contribution in [0.1, 0.15) is 21.5 Å². The molecular formula is C21H23NO5. The Labute approximate surface area is 158 Å². The zero-order valence-electron chi connectivity index (χ0n) is 15.4. The molecule has 2 aliphatic rings. The number of methoxy groups -OCH3 is 1. The van der Waals surface area contributed by atoms with Crippen LogP contribution in [0.25, 0.3) is 0 Å². The summed E-state index contributed by atoms with van der Waals surface area (Å²) in [4.78, 5) is 12.6. The highest BCUT2D eigenvalue weighted by molar-refractivity contribution is 6.09. The second-order valence-corrected chi connectivity index (χ2v) is 7.02. The van der Waals surface area contributed by atoms with Crippen molar-refractivity contribution in [2.45, 2.75) is 31.0 Å². The van der Waals surface area contributed by atoms with Crippen LogP contribution < -0.4 is 10.5 Å². The fourth-order valence-corrected chi connectivity index (χ4v) is 3.60. The van der Waals surface area contributed by atoms with Crippen LogP contribution in [-0.4, -0.2) is 50.1 Å². The van der Waals surface area contributed by atoms with E-state index < -0.39 is 11.8 Å². The maximum Gasteiger partial charge on any atom is 0.193 e. The first-order valence-electron chi connectivity index (χ1n) is 8.96. The summed E-state index contributed by atoms with van der Waals surface area (Å²) < 4.78 is 22.8. The van der Waals surface area contributed by atoms with Gasteiger partial charge in [0.1, 0.15) is 18.0 Å². The van der Waals surface area contributed by atoms with Crippen molar-refractivity contribution in [1.29, 1.82) is 0 Å². The number of benzene rings is 2. The summed E-state index contributed by atoms with van der Waals surface area (Å²) in [7, 11) is 1.59. The molecule has 0 saturated carbocycles. The standard InChI is InChI=1S/C21H23NO5/c1-13-3-5-14(6-4-13)19(23)15-7-9-16(10-8-15)27-17-11-26-21(22)18(24-2)12-25-20(17)21/h3-10,17-18,20H,11-12,22H2,1-2H3/t17?,18-,20+,21+/m0/s1. The SMILES string of the molecule is CO[C@H]1CO[C@@H]2C(Oc3ccc(C(=O)c4ccc(C)cc4)cc3)CO[C@]12N. The first-order valence-corrected chi connectivity index (χ1v) is 8.96. The number of hydrogen-bond donors (Lipinski definition) is 1. The molecule has 142 valence electrons. The molecule has 27 heavy (non-hydrogen) atoms. The Balaban J connectivity index is 1.44. The van der Waals surface area contributed by atoms with Gasteiger partial charge in [0.15, 0.2) is 17.6 Å². The largest absolute Gasteiger partial charge is 0.485 e. The van der Waals surface area contributed by atoms with Gasteiger partial charge >= 0.3 is 0 Å². The number of carbonyl (C=O) groups excluding carboxylic acids is 1. The minimum Gasteiger partial charge on any atom is -0.485 e. The van der Waals surface area contributed by atoms with Gasteiger partial charge in [-0.05, 0) is 31.2 Å². The minimum absolute atomic E-state index is 0.0196. The van der Waals surface area contributed by atoms with Gasteiger partial charge in [0.25, 0.3) is 0 Å². The average Bonchev–Trinajstić information content (AvgIpc) is 3.17. The summed E-state index contributed by atoms with van der Waals surface area (Å²) in [6.07, 6.45) is -1.03. The van der Waals surface area contributed by atoms with E-state index in [4.69, 9.17) is 24.7 Å². The number of hydrogen-bond acceptors (Lipinski definition) is 6. The normalized spacial score (nSPS) is 29.5. The number of fused-ring (bicyclic) bond motifs is 1. The molecule has 1 unspecified atom stereocenters. The van der Waals surface area contributed by atoms with Crippen LogP contribution in [0, 0.1) is 6.92 Å². The number of rotatable bonds is 5. The Hall–Kier alpha value is -2.25. The monoisotopic (exact) mass is 369 g/mol. The van der Waals surface area contributed by atoms with Crippen LogP contribution in [0.15, 0.2) is 48.5 Å². The quantitative estimate of drug-likeness (QED) is 0.813. The van der Waals surface area contributed by atoms with Crippen molar-refractivity contribution in [2.75, 3.05) is 20.3 Å². The van der Waals surface area contributed by atoms with Crippen molar-refractivity contribution in [3.8, 4) is 5.75 Å². The maximum atomic E-state index is 12.6. The lowest BCUT2D eigenvalue weighted by atomic mass is 10.0. The highest BCUT2D eigenvalue weighted by Gasteiger charge is 2.59. The van der Waals surface area contributed by atoms with E-state index in [0.717, 1.165) is 5.56 Å². The molecule has 0 aliphatic carbocycles. The first-order chi connectivity index (χ1) is 13.0. The van der Waals surface area contributed by atoms with Gasteiger partial charge < -0.3 is 18.9 Å². The summed E-state index contributed by atoms with van der Waals surface area (Å²) in [5.41, 5.74) is 7.71.